The molecule has 2 aliphatic carbocycles. The van der Waals surface area contributed by atoms with Gasteiger partial charge in [0.2, 0.25) is 0 Å². The minimum absolute atomic E-state index is 0.145. The highest BCUT2D eigenvalue weighted by Gasteiger charge is 2.32. The van der Waals surface area contributed by atoms with E-state index in [-0.39, 0.29) is 12.5 Å². The average molecular weight is 436 g/mol. The van der Waals surface area contributed by atoms with Gasteiger partial charge in [-0.3, -0.25) is 4.79 Å². The molecule has 1 aromatic carbocycles. The summed E-state index contributed by atoms with van der Waals surface area (Å²) in [5.41, 5.74) is 1.27. The maximum Gasteiger partial charge on any atom is 0.261 e. The van der Waals surface area contributed by atoms with Gasteiger partial charge in [-0.15, -0.1) is 0 Å². The highest BCUT2D eigenvalue weighted by atomic mass is 79.9. The molecule has 2 fully saturated rings. The number of ether oxygens (including phenoxy) is 1. The van der Waals surface area contributed by atoms with Gasteiger partial charge >= 0.3 is 0 Å². The van der Waals surface area contributed by atoms with Crippen molar-refractivity contribution in [3.63, 3.8) is 0 Å². The molecule has 3 nitrogen and oxygen atoms in total. The van der Waals surface area contributed by atoms with E-state index in [2.05, 4.69) is 46.8 Å². The summed E-state index contributed by atoms with van der Waals surface area (Å²) in [5.74, 6) is 1.42. The molecule has 3 rings (SSSR count). The third kappa shape index (κ3) is 5.49. The fourth-order valence-electron chi connectivity index (χ4n) is 4.63. The number of nitrogens with zero attached hydrogens (tertiary/aromatic N) is 1. The molecule has 0 spiro atoms. The molecule has 0 aliphatic heterocycles. The van der Waals surface area contributed by atoms with Crippen LogP contribution < -0.4 is 4.74 Å². The first-order chi connectivity index (χ1) is 13.1. The lowest BCUT2D eigenvalue weighted by molar-refractivity contribution is -0.140. The SMILES string of the molecule is CC(C)c1ccc(OCC(=O)N(C2CCCCC2)C2CCCCC2)c(Br)c1. The van der Waals surface area contributed by atoms with Gasteiger partial charge in [-0.25, -0.2) is 0 Å². The van der Waals surface area contributed by atoms with Crippen LogP contribution in [0, 0.1) is 0 Å². The first-order valence-corrected chi connectivity index (χ1v) is 11.6. The van der Waals surface area contributed by atoms with Crippen molar-refractivity contribution in [3.8, 4) is 5.75 Å². The summed E-state index contributed by atoms with van der Waals surface area (Å²) in [6.45, 7) is 4.50. The highest BCUT2D eigenvalue weighted by molar-refractivity contribution is 9.10. The molecule has 0 atom stereocenters. The van der Waals surface area contributed by atoms with Crippen molar-refractivity contribution in [2.45, 2.75) is 96.1 Å². The molecule has 0 bridgehead atoms. The fraction of sp³-hybridized carbons (Fsp3) is 0.696. The van der Waals surface area contributed by atoms with Crippen LogP contribution in [0.4, 0.5) is 0 Å². The summed E-state index contributed by atoms with van der Waals surface area (Å²) in [6.07, 6.45) is 12.3. The van der Waals surface area contributed by atoms with E-state index in [4.69, 9.17) is 4.74 Å². The number of hydrogen-bond donors (Lipinski definition) is 0. The molecule has 4 heteroatoms. The van der Waals surface area contributed by atoms with Gasteiger partial charge in [0.05, 0.1) is 4.47 Å². The number of carbonyl (C=O) groups is 1. The molecular formula is C23H34BrNO2. The third-order valence-electron chi connectivity index (χ3n) is 6.20. The van der Waals surface area contributed by atoms with E-state index in [1.54, 1.807) is 0 Å². The molecule has 1 amide bonds. The largest absolute Gasteiger partial charge is 0.483 e. The van der Waals surface area contributed by atoms with Gasteiger partial charge < -0.3 is 9.64 Å². The molecule has 1 aromatic rings. The standard InChI is InChI=1S/C23H34BrNO2/c1-17(2)18-13-14-22(21(24)15-18)27-16-23(26)25(19-9-5-3-6-10-19)20-11-7-4-8-12-20/h13-15,17,19-20H,3-12,16H2,1-2H3. The molecular weight excluding hydrogens is 402 g/mol. The van der Waals surface area contributed by atoms with Gasteiger partial charge in [0.15, 0.2) is 6.61 Å². The normalized spacial score (nSPS) is 19.3. The van der Waals surface area contributed by atoms with E-state index in [1.165, 1.54) is 44.1 Å². The molecule has 0 saturated heterocycles. The number of benzene rings is 1. The van der Waals surface area contributed by atoms with Crippen molar-refractivity contribution >= 4 is 21.8 Å². The lowest BCUT2D eigenvalue weighted by Gasteiger charge is -2.41. The molecule has 0 heterocycles. The monoisotopic (exact) mass is 435 g/mol. The molecule has 150 valence electrons. The average Bonchev–Trinajstić information content (AvgIpc) is 2.69. The Morgan fingerprint density at radius 2 is 1.59 bits per heavy atom. The van der Waals surface area contributed by atoms with E-state index in [0.29, 0.717) is 18.0 Å². The van der Waals surface area contributed by atoms with Gasteiger partial charge in [0.1, 0.15) is 5.75 Å². The van der Waals surface area contributed by atoms with Crippen molar-refractivity contribution < 1.29 is 9.53 Å². The lowest BCUT2D eigenvalue weighted by Crippen LogP contribution is -2.50. The Morgan fingerprint density at radius 3 is 2.07 bits per heavy atom. The number of rotatable bonds is 6. The molecule has 0 radical (unpaired) electrons. The maximum atomic E-state index is 13.2. The maximum absolute atomic E-state index is 13.2. The van der Waals surface area contributed by atoms with Crippen LogP contribution in [-0.2, 0) is 4.79 Å². The van der Waals surface area contributed by atoms with Crippen LogP contribution in [0.1, 0.15) is 89.5 Å². The van der Waals surface area contributed by atoms with Crippen molar-refractivity contribution in [1.82, 2.24) is 4.90 Å². The smallest absolute Gasteiger partial charge is 0.261 e. The minimum Gasteiger partial charge on any atom is -0.483 e. The van der Waals surface area contributed by atoms with Crippen LogP contribution in [0.15, 0.2) is 22.7 Å². The van der Waals surface area contributed by atoms with Gasteiger partial charge in [0.25, 0.3) is 5.91 Å². The Kier molecular flexibility index (Phi) is 7.63. The number of amides is 1. The van der Waals surface area contributed by atoms with E-state index >= 15 is 0 Å². The van der Waals surface area contributed by atoms with Gasteiger partial charge in [-0.05, 0) is 65.2 Å². The zero-order valence-corrected chi connectivity index (χ0v) is 18.5. The summed E-state index contributed by atoms with van der Waals surface area (Å²) in [4.78, 5) is 15.4. The van der Waals surface area contributed by atoms with Crippen molar-refractivity contribution in [1.29, 1.82) is 0 Å². The second-order valence-corrected chi connectivity index (χ2v) is 9.37. The first-order valence-electron chi connectivity index (χ1n) is 10.8. The Bertz CT molecular complexity index is 601. The second kappa shape index (κ2) is 9.95. The van der Waals surface area contributed by atoms with Crippen LogP contribution in [0.25, 0.3) is 0 Å². The summed E-state index contributed by atoms with van der Waals surface area (Å²) in [7, 11) is 0. The molecule has 0 N–H and O–H groups in total. The number of carbonyl (C=O) groups excluding carboxylic acids is 1. The zero-order chi connectivity index (χ0) is 19.2. The van der Waals surface area contributed by atoms with Crippen LogP contribution in [0.3, 0.4) is 0 Å². The highest BCUT2D eigenvalue weighted by Crippen LogP contribution is 2.32. The van der Waals surface area contributed by atoms with E-state index in [9.17, 15) is 4.79 Å². The van der Waals surface area contributed by atoms with Crippen LogP contribution >= 0.6 is 15.9 Å². The Balaban J connectivity index is 1.66. The molecule has 0 unspecified atom stereocenters. The van der Waals surface area contributed by atoms with Crippen molar-refractivity contribution in [2.24, 2.45) is 0 Å². The van der Waals surface area contributed by atoms with Crippen molar-refractivity contribution in [2.75, 3.05) is 6.61 Å². The van der Waals surface area contributed by atoms with Crippen LogP contribution in [0.5, 0.6) is 5.75 Å². The second-order valence-electron chi connectivity index (χ2n) is 8.52. The van der Waals surface area contributed by atoms with Gasteiger partial charge in [-0.1, -0.05) is 58.4 Å². The molecule has 27 heavy (non-hydrogen) atoms. The topological polar surface area (TPSA) is 29.5 Å². The zero-order valence-electron chi connectivity index (χ0n) is 16.9. The summed E-state index contributed by atoms with van der Waals surface area (Å²) < 4.78 is 6.89. The quantitative estimate of drug-likeness (QED) is 0.513. The minimum atomic E-state index is 0.145. The van der Waals surface area contributed by atoms with Gasteiger partial charge in [0, 0.05) is 12.1 Å². The number of halogens is 1. The summed E-state index contributed by atoms with van der Waals surface area (Å²) >= 11 is 3.61. The predicted molar refractivity (Wildman–Crippen MR) is 114 cm³/mol. The molecule has 0 aromatic heterocycles. The van der Waals surface area contributed by atoms with Crippen LogP contribution in [0.2, 0.25) is 0 Å². The summed E-state index contributed by atoms with van der Waals surface area (Å²) in [5, 5.41) is 0. The third-order valence-corrected chi connectivity index (χ3v) is 6.82. The first kappa shape index (κ1) is 20.7. The van der Waals surface area contributed by atoms with Gasteiger partial charge in [-0.2, -0.15) is 0 Å². The Hall–Kier alpha value is -1.03. The van der Waals surface area contributed by atoms with Crippen LogP contribution in [-0.4, -0.2) is 29.5 Å². The summed E-state index contributed by atoms with van der Waals surface area (Å²) in [6, 6.07) is 7.02. The predicted octanol–water partition coefficient (Wildman–Crippen LogP) is 6.45. The van der Waals surface area contributed by atoms with E-state index in [0.717, 1.165) is 35.9 Å². The fourth-order valence-corrected chi connectivity index (χ4v) is 5.14. The molecule has 2 aliphatic rings. The number of hydrogen-bond acceptors (Lipinski definition) is 2. The Labute approximate surface area is 173 Å². The Morgan fingerprint density at radius 1 is 1.04 bits per heavy atom. The van der Waals surface area contributed by atoms with E-state index < -0.39 is 0 Å². The lowest BCUT2D eigenvalue weighted by atomic mass is 9.88. The van der Waals surface area contributed by atoms with Crippen molar-refractivity contribution in [3.05, 3.63) is 28.2 Å². The molecule has 2 saturated carbocycles. The van der Waals surface area contributed by atoms with E-state index in [1.807, 2.05) is 6.07 Å².